The molecule has 17 heavy (non-hydrogen) atoms. The first kappa shape index (κ1) is 13.3. The third kappa shape index (κ3) is 2.67. The van der Waals surface area contributed by atoms with E-state index in [9.17, 15) is 0 Å². The predicted octanol–water partition coefficient (Wildman–Crippen LogP) is 2.35. The van der Waals surface area contributed by atoms with Gasteiger partial charge in [0, 0.05) is 19.8 Å². The first-order chi connectivity index (χ1) is 8.24. The highest BCUT2D eigenvalue weighted by atomic mass is 16.5. The third-order valence-electron chi connectivity index (χ3n) is 4.74. The molecule has 1 heterocycles. The van der Waals surface area contributed by atoms with Gasteiger partial charge in [0.2, 0.25) is 0 Å². The van der Waals surface area contributed by atoms with Crippen LogP contribution in [0, 0.1) is 5.92 Å². The maximum Gasteiger partial charge on any atom is 0.0724 e. The second kappa shape index (κ2) is 5.68. The van der Waals surface area contributed by atoms with Gasteiger partial charge >= 0.3 is 0 Å². The zero-order valence-electron chi connectivity index (χ0n) is 11.5. The molecule has 0 aromatic rings. The molecule has 0 amide bonds. The van der Waals surface area contributed by atoms with Crippen LogP contribution in [-0.2, 0) is 9.47 Å². The smallest absolute Gasteiger partial charge is 0.0724 e. The summed E-state index contributed by atoms with van der Waals surface area (Å²) < 4.78 is 11.6. The van der Waals surface area contributed by atoms with Gasteiger partial charge < -0.3 is 14.8 Å². The van der Waals surface area contributed by atoms with E-state index in [0.717, 1.165) is 13.0 Å². The first-order valence-corrected chi connectivity index (χ1v) is 7.08. The van der Waals surface area contributed by atoms with E-state index in [2.05, 4.69) is 19.3 Å². The molecule has 1 saturated carbocycles. The molecule has 2 aliphatic rings. The van der Waals surface area contributed by atoms with Crippen LogP contribution in [0.2, 0.25) is 0 Å². The number of ether oxygens (including phenoxy) is 2. The van der Waals surface area contributed by atoms with Crippen molar-refractivity contribution >= 4 is 0 Å². The van der Waals surface area contributed by atoms with E-state index in [1.165, 1.54) is 32.1 Å². The van der Waals surface area contributed by atoms with E-state index < -0.39 is 0 Å². The standard InChI is InChI=1S/C14H27NO2/c1-4-12(16-3)13(15-2)11-6-9-17-14(10-11)7-5-8-14/h11-13,15H,4-10H2,1-3H3. The van der Waals surface area contributed by atoms with Gasteiger partial charge in [-0.3, -0.25) is 0 Å². The van der Waals surface area contributed by atoms with Crippen molar-refractivity contribution in [3.63, 3.8) is 0 Å². The fourth-order valence-electron chi connectivity index (χ4n) is 3.58. The molecule has 1 N–H and O–H groups in total. The summed E-state index contributed by atoms with van der Waals surface area (Å²) in [6.45, 7) is 3.14. The normalized spacial score (nSPS) is 30.9. The second-order valence-corrected chi connectivity index (χ2v) is 5.63. The summed E-state index contributed by atoms with van der Waals surface area (Å²) in [5.41, 5.74) is 0.240. The molecular formula is C14H27NO2. The average molecular weight is 241 g/mol. The molecule has 0 radical (unpaired) electrons. The second-order valence-electron chi connectivity index (χ2n) is 5.63. The van der Waals surface area contributed by atoms with Crippen LogP contribution in [0.5, 0.6) is 0 Å². The van der Waals surface area contributed by atoms with Crippen LogP contribution in [0.25, 0.3) is 0 Å². The Hall–Kier alpha value is -0.120. The Morgan fingerprint density at radius 3 is 2.71 bits per heavy atom. The van der Waals surface area contributed by atoms with Crippen molar-refractivity contribution in [1.29, 1.82) is 0 Å². The predicted molar refractivity (Wildman–Crippen MR) is 69.2 cm³/mol. The molecule has 3 unspecified atom stereocenters. The molecule has 1 saturated heterocycles. The van der Waals surface area contributed by atoms with Crippen molar-refractivity contribution in [1.82, 2.24) is 5.32 Å². The Morgan fingerprint density at radius 2 is 2.24 bits per heavy atom. The van der Waals surface area contributed by atoms with Gasteiger partial charge in [-0.25, -0.2) is 0 Å². The maximum atomic E-state index is 6.00. The number of hydrogen-bond donors (Lipinski definition) is 1. The third-order valence-corrected chi connectivity index (χ3v) is 4.74. The molecule has 0 bridgehead atoms. The number of hydrogen-bond acceptors (Lipinski definition) is 3. The molecule has 3 atom stereocenters. The average Bonchev–Trinajstić information content (AvgIpc) is 2.34. The fourth-order valence-corrected chi connectivity index (χ4v) is 3.58. The van der Waals surface area contributed by atoms with Crippen molar-refractivity contribution in [3.8, 4) is 0 Å². The zero-order valence-corrected chi connectivity index (χ0v) is 11.5. The number of nitrogens with one attached hydrogen (secondary N) is 1. The molecule has 0 aromatic carbocycles. The molecule has 1 aliphatic heterocycles. The lowest BCUT2D eigenvalue weighted by Gasteiger charge is -2.49. The Morgan fingerprint density at radius 1 is 1.47 bits per heavy atom. The molecule has 1 spiro atoms. The summed E-state index contributed by atoms with van der Waals surface area (Å²) in [7, 11) is 3.90. The van der Waals surface area contributed by atoms with Crippen LogP contribution >= 0.6 is 0 Å². The van der Waals surface area contributed by atoms with Crippen LogP contribution < -0.4 is 5.32 Å². The maximum absolute atomic E-state index is 6.00. The summed E-state index contributed by atoms with van der Waals surface area (Å²) in [5.74, 6) is 0.707. The number of likely N-dealkylation sites (N-methyl/N-ethyl adjacent to an activating group) is 1. The molecule has 2 rings (SSSR count). The van der Waals surface area contributed by atoms with Crippen LogP contribution in [0.3, 0.4) is 0 Å². The van der Waals surface area contributed by atoms with Crippen LogP contribution in [0.1, 0.15) is 45.4 Å². The minimum absolute atomic E-state index is 0.240. The molecule has 2 fully saturated rings. The zero-order chi connectivity index (χ0) is 12.3. The van der Waals surface area contributed by atoms with Crippen molar-refractivity contribution in [2.75, 3.05) is 20.8 Å². The first-order valence-electron chi connectivity index (χ1n) is 7.08. The lowest BCUT2D eigenvalue weighted by atomic mass is 9.69. The highest BCUT2D eigenvalue weighted by Gasteiger charge is 2.45. The van der Waals surface area contributed by atoms with E-state index in [1.807, 2.05) is 7.11 Å². The number of rotatable bonds is 5. The molecular weight excluding hydrogens is 214 g/mol. The molecule has 0 aromatic heterocycles. The van der Waals surface area contributed by atoms with E-state index in [0.29, 0.717) is 18.1 Å². The Labute approximate surface area is 105 Å². The van der Waals surface area contributed by atoms with Crippen LogP contribution in [0.15, 0.2) is 0 Å². The van der Waals surface area contributed by atoms with Crippen LogP contribution in [-0.4, -0.2) is 38.5 Å². The molecule has 100 valence electrons. The highest BCUT2D eigenvalue weighted by Crippen LogP contribution is 2.45. The summed E-state index contributed by atoms with van der Waals surface area (Å²) in [5, 5.41) is 3.48. The van der Waals surface area contributed by atoms with E-state index >= 15 is 0 Å². The number of methoxy groups -OCH3 is 1. The van der Waals surface area contributed by atoms with Gasteiger partial charge in [0.15, 0.2) is 0 Å². The van der Waals surface area contributed by atoms with Gasteiger partial charge in [0.25, 0.3) is 0 Å². The molecule has 3 heteroatoms. The summed E-state index contributed by atoms with van der Waals surface area (Å²) in [6.07, 6.45) is 7.68. The largest absolute Gasteiger partial charge is 0.380 e. The molecule has 3 nitrogen and oxygen atoms in total. The Balaban J connectivity index is 1.98. The van der Waals surface area contributed by atoms with Gasteiger partial charge in [-0.15, -0.1) is 0 Å². The van der Waals surface area contributed by atoms with E-state index in [4.69, 9.17) is 9.47 Å². The van der Waals surface area contributed by atoms with Crippen molar-refractivity contribution in [3.05, 3.63) is 0 Å². The van der Waals surface area contributed by atoms with Gasteiger partial charge in [0.05, 0.1) is 11.7 Å². The highest BCUT2D eigenvalue weighted by molar-refractivity contribution is 4.97. The SMILES string of the molecule is CCC(OC)C(NC)C1CCOC2(CCC2)C1. The van der Waals surface area contributed by atoms with E-state index in [1.54, 1.807) is 0 Å². The van der Waals surface area contributed by atoms with Crippen molar-refractivity contribution in [2.24, 2.45) is 5.92 Å². The van der Waals surface area contributed by atoms with Gasteiger partial charge in [0.1, 0.15) is 0 Å². The molecule has 1 aliphatic carbocycles. The lowest BCUT2D eigenvalue weighted by molar-refractivity contribution is -0.151. The summed E-state index contributed by atoms with van der Waals surface area (Å²) >= 11 is 0. The van der Waals surface area contributed by atoms with Crippen molar-refractivity contribution in [2.45, 2.75) is 63.2 Å². The fraction of sp³-hybridized carbons (Fsp3) is 1.00. The summed E-state index contributed by atoms with van der Waals surface area (Å²) in [6, 6.07) is 0.478. The van der Waals surface area contributed by atoms with Crippen molar-refractivity contribution < 1.29 is 9.47 Å². The van der Waals surface area contributed by atoms with Gasteiger partial charge in [-0.2, -0.15) is 0 Å². The van der Waals surface area contributed by atoms with Gasteiger partial charge in [-0.1, -0.05) is 6.92 Å². The topological polar surface area (TPSA) is 30.5 Å². The van der Waals surface area contributed by atoms with E-state index in [-0.39, 0.29) is 5.60 Å². The Bertz CT molecular complexity index is 236. The summed E-state index contributed by atoms with van der Waals surface area (Å²) in [4.78, 5) is 0. The van der Waals surface area contributed by atoms with Crippen LogP contribution in [0.4, 0.5) is 0 Å². The minimum Gasteiger partial charge on any atom is -0.380 e. The quantitative estimate of drug-likeness (QED) is 0.801. The minimum atomic E-state index is 0.240. The lowest BCUT2D eigenvalue weighted by Crippen LogP contribution is -2.53. The monoisotopic (exact) mass is 241 g/mol. The Kier molecular flexibility index (Phi) is 4.45. The van der Waals surface area contributed by atoms with Gasteiger partial charge in [-0.05, 0) is 51.5 Å².